The third kappa shape index (κ3) is 3.12. The van der Waals surface area contributed by atoms with Crippen LogP contribution in [0.15, 0.2) is 4.52 Å². The van der Waals surface area contributed by atoms with Crippen molar-refractivity contribution in [2.45, 2.75) is 46.1 Å². The van der Waals surface area contributed by atoms with Gasteiger partial charge < -0.3 is 4.52 Å². The Balaban J connectivity index is 2.04. The fraction of sp³-hybridized carbons (Fsp3) is 0.714. The molecule has 0 aliphatic carbocycles. The monoisotopic (exact) mass is 279 g/mol. The number of aromatic nitrogens is 2. The van der Waals surface area contributed by atoms with Crippen LogP contribution in [0.5, 0.6) is 0 Å². The van der Waals surface area contributed by atoms with Crippen LogP contribution in [-0.2, 0) is 9.59 Å². The highest BCUT2D eigenvalue weighted by atomic mass is 16.5. The Morgan fingerprint density at radius 3 is 2.90 bits per heavy atom. The number of hydrogen-bond donors (Lipinski definition) is 0. The number of aldehydes is 1. The van der Waals surface area contributed by atoms with Crippen LogP contribution in [0.1, 0.15) is 50.9 Å². The Labute approximate surface area is 118 Å². The van der Waals surface area contributed by atoms with E-state index in [1.807, 2.05) is 6.92 Å². The summed E-state index contributed by atoms with van der Waals surface area (Å²) in [7, 11) is 0. The van der Waals surface area contributed by atoms with Gasteiger partial charge in [0.05, 0.1) is 6.04 Å². The largest absolute Gasteiger partial charge is 0.338 e. The molecule has 0 spiro atoms. The van der Waals surface area contributed by atoms with E-state index < -0.39 is 0 Å². The summed E-state index contributed by atoms with van der Waals surface area (Å²) in [5.74, 6) is 0.944. The summed E-state index contributed by atoms with van der Waals surface area (Å²) >= 11 is 0. The van der Waals surface area contributed by atoms with Gasteiger partial charge in [0.1, 0.15) is 0 Å². The Bertz CT molecular complexity index is 496. The van der Waals surface area contributed by atoms with Crippen molar-refractivity contribution in [3.05, 3.63) is 11.7 Å². The lowest BCUT2D eigenvalue weighted by Crippen LogP contribution is -2.30. The second kappa shape index (κ2) is 5.83. The number of rotatable bonds is 6. The van der Waals surface area contributed by atoms with E-state index in [0.29, 0.717) is 30.8 Å². The van der Waals surface area contributed by atoms with Crippen LogP contribution in [0.25, 0.3) is 0 Å². The van der Waals surface area contributed by atoms with Crippen molar-refractivity contribution in [2.75, 3.05) is 13.1 Å². The maximum absolute atomic E-state index is 11.0. The number of hydrogen-bond acceptors (Lipinski definition) is 6. The molecule has 2 heterocycles. The lowest BCUT2D eigenvalue weighted by atomic mass is 9.84. The van der Waals surface area contributed by atoms with E-state index in [4.69, 9.17) is 4.52 Å². The molecular formula is C14H21N3O3. The molecule has 1 aromatic rings. The maximum Gasteiger partial charge on any atom is 0.244 e. The Hall–Kier alpha value is -1.56. The molecule has 2 rings (SSSR count). The Kier molecular flexibility index (Phi) is 4.32. The third-order valence-electron chi connectivity index (χ3n) is 3.93. The van der Waals surface area contributed by atoms with Crippen LogP contribution >= 0.6 is 0 Å². The smallest absolute Gasteiger partial charge is 0.244 e. The predicted octanol–water partition coefficient (Wildman–Crippen LogP) is 1.70. The van der Waals surface area contributed by atoms with Crippen molar-refractivity contribution in [1.82, 2.24) is 15.0 Å². The first-order valence-corrected chi connectivity index (χ1v) is 6.96. The summed E-state index contributed by atoms with van der Waals surface area (Å²) in [6.07, 6.45) is 2.42. The van der Waals surface area contributed by atoms with Gasteiger partial charge in [-0.05, 0) is 38.3 Å². The van der Waals surface area contributed by atoms with Crippen LogP contribution in [0.4, 0.5) is 0 Å². The molecule has 1 saturated heterocycles. The first-order valence-electron chi connectivity index (χ1n) is 6.96. The molecule has 1 unspecified atom stereocenters. The van der Waals surface area contributed by atoms with Crippen LogP contribution in [-0.4, -0.2) is 40.2 Å². The molecule has 1 atom stereocenters. The molecule has 6 heteroatoms. The summed E-state index contributed by atoms with van der Waals surface area (Å²) in [4.78, 5) is 28.0. The van der Waals surface area contributed by atoms with Gasteiger partial charge in [-0.25, -0.2) is 0 Å². The van der Waals surface area contributed by atoms with Crippen molar-refractivity contribution in [3.8, 4) is 0 Å². The lowest BCUT2D eigenvalue weighted by Gasteiger charge is -2.29. The van der Waals surface area contributed by atoms with Gasteiger partial charge in [-0.15, -0.1) is 0 Å². The van der Waals surface area contributed by atoms with Gasteiger partial charge in [0, 0.05) is 6.42 Å². The molecule has 20 heavy (non-hydrogen) atoms. The summed E-state index contributed by atoms with van der Waals surface area (Å²) < 4.78 is 5.34. The molecule has 0 aromatic carbocycles. The number of carbonyl (C=O) groups excluding carboxylic acids is 2. The van der Waals surface area contributed by atoms with E-state index in [-0.39, 0.29) is 17.2 Å². The maximum atomic E-state index is 11.0. The zero-order chi connectivity index (χ0) is 14.8. The average Bonchev–Trinajstić information content (AvgIpc) is 2.92. The third-order valence-corrected chi connectivity index (χ3v) is 3.93. The van der Waals surface area contributed by atoms with Gasteiger partial charge in [-0.1, -0.05) is 19.0 Å². The lowest BCUT2D eigenvalue weighted by molar-refractivity contribution is -0.130. The highest BCUT2D eigenvalue weighted by Gasteiger charge is 2.44. The van der Waals surface area contributed by atoms with Crippen molar-refractivity contribution in [2.24, 2.45) is 5.41 Å². The standard InChI is InChI=1S/C14H21N3O3/c1-10-15-13(20-16-10)12-14(2,3)6-8-17(12)7-4-5-11(19)9-18/h9,12H,4-8H2,1-3H3. The second-order valence-electron chi connectivity index (χ2n) is 6.04. The highest BCUT2D eigenvalue weighted by molar-refractivity contribution is 6.24. The highest BCUT2D eigenvalue weighted by Crippen LogP contribution is 2.45. The van der Waals surface area contributed by atoms with Crippen LogP contribution in [0.2, 0.25) is 0 Å². The van der Waals surface area contributed by atoms with Gasteiger partial charge in [0.25, 0.3) is 0 Å². The minimum atomic E-state index is -0.339. The second-order valence-corrected chi connectivity index (χ2v) is 6.04. The van der Waals surface area contributed by atoms with Crippen LogP contribution < -0.4 is 0 Å². The Morgan fingerprint density at radius 2 is 2.30 bits per heavy atom. The normalized spacial score (nSPS) is 22.1. The van der Waals surface area contributed by atoms with E-state index in [2.05, 4.69) is 28.9 Å². The molecule has 0 saturated carbocycles. The molecule has 1 aliphatic rings. The number of ketones is 1. The van der Waals surface area contributed by atoms with Crippen LogP contribution in [0.3, 0.4) is 0 Å². The van der Waals surface area contributed by atoms with Crippen molar-refractivity contribution < 1.29 is 14.1 Å². The van der Waals surface area contributed by atoms with Gasteiger partial charge >= 0.3 is 0 Å². The molecule has 0 radical (unpaired) electrons. The molecule has 1 aliphatic heterocycles. The first-order chi connectivity index (χ1) is 9.44. The molecule has 1 fully saturated rings. The van der Waals surface area contributed by atoms with Gasteiger partial charge in [0.15, 0.2) is 17.9 Å². The Morgan fingerprint density at radius 1 is 1.55 bits per heavy atom. The molecule has 0 bridgehead atoms. The van der Waals surface area contributed by atoms with Crippen molar-refractivity contribution in [3.63, 3.8) is 0 Å². The molecule has 110 valence electrons. The first kappa shape index (κ1) is 14.8. The average molecular weight is 279 g/mol. The minimum Gasteiger partial charge on any atom is -0.338 e. The zero-order valence-corrected chi connectivity index (χ0v) is 12.3. The van der Waals surface area contributed by atoms with Gasteiger partial charge in [-0.2, -0.15) is 4.98 Å². The molecule has 1 aromatic heterocycles. The summed E-state index contributed by atoms with van der Waals surface area (Å²) in [6, 6.07) is 0.0787. The van der Waals surface area contributed by atoms with Crippen LogP contribution in [0, 0.1) is 12.3 Å². The predicted molar refractivity (Wildman–Crippen MR) is 72.1 cm³/mol. The van der Waals surface area contributed by atoms with E-state index in [0.717, 1.165) is 19.5 Å². The van der Waals surface area contributed by atoms with Gasteiger partial charge in [-0.3, -0.25) is 14.5 Å². The quantitative estimate of drug-likeness (QED) is 0.582. The molecule has 0 amide bonds. The van der Waals surface area contributed by atoms with E-state index in [9.17, 15) is 9.59 Å². The molecule has 6 nitrogen and oxygen atoms in total. The topological polar surface area (TPSA) is 76.3 Å². The number of Topliss-reactive ketones (excluding diaryl/α,β-unsaturated/α-hetero) is 1. The molecular weight excluding hydrogens is 258 g/mol. The van der Waals surface area contributed by atoms with Gasteiger partial charge in [0.2, 0.25) is 5.89 Å². The summed E-state index contributed by atoms with van der Waals surface area (Å²) in [5, 5.41) is 3.87. The van der Waals surface area contributed by atoms with Crippen molar-refractivity contribution >= 4 is 12.1 Å². The van der Waals surface area contributed by atoms with E-state index in [1.54, 1.807) is 0 Å². The number of carbonyl (C=O) groups is 2. The number of aryl methyl sites for hydroxylation is 1. The van der Waals surface area contributed by atoms with E-state index >= 15 is 0 Å². The van der Waals surface area contributed by atoms with Crippen molar-refractivity contribution in [1.29, 1.82) is 0 Å². The fourth-order valence-electron chi connectivity index (χ4n) is 2.86. The molecule has 0 N–H and O–H groups in total. The number of likely N-dealkylation sites (tertiary alicyclic amines) is 1. The minimum absolute atomic E-state index is 0.0631. The van der Waals surface area contributed by atoms with E-state index in [1.165, 1.54) is 0 Å². The fourth-order valence-corrected chi connectivity index (χ4v) is 2.86. The summed E-state index contributed by atoms with van der Waals surface area (Å²) in [6.45, 7) is 7.88. The zero-order valence-electron chi connectivity index (χ0n) is 12.3. The summed E-state index contributed by atoms with van der Waals surface area (Å²) in [5.41, 5.74) is 0.0631. The SMILES string of the molecule is Cc1noc(C2N(CCCC(=O)C=O)CCC2(C)C)n1. The number of nitrogens with zero attached hydrogens (tertiary/aromatic N) is 3.